The standard InChI is InChI=1S/C57H62O13S4.3Na/c1-39-11-14-41(15-12-39)44-20-25-49-50-26-22-46(38-54(50)57(53(49)36-44,29-5-9-33-73(65,66)67)30-6-10-34-74(68,69)70)55(58)43-18-16-42(17-19-43)45-21-24-48-47-23-13-40(2)35-51(47)56(52(48)37-45,27-3-7-31-71(59,60)61)28-4-8-32-72(62,63)64;;;/h11-26,35-38H,3-10,27-34H2,1-2H3,(H,59,60,61)(H,62,63,64)(H,65,66,67)(H,68,69,70);;;/q;3*+1/p-4. The molecule has 392 valence electrons. The fourth-order valence-electron chi connectivity index (χ4n) is 11.5. The third-order valence-corrected chi connectivity index (χ3v) is 18.2. The van der Waals surface area contributed by atoms with E-state index in [1.165, 1.54) is 0 Å². The van der Waals surface area contributed by atoms with Crippen molar-refractivity contribution in [3.63, 3.8) is 0 Å². The minimum atomic E-state index is -4.50. The van der Waals surface area contributed by atoms with Gasteiger partial charge < -0.3 is 18.2 Å². The summed E-state index contributed by atoms with van der Waals surface area (Å²) in [5.74, 6) is -2.39. The van der Waals surface area contributed by atoms with E-state index in [9.17, 15) is 56.7 Å². The van der Waals surface area contributed by atoms with Crippen molar-refractivity contribution in [1.29, 1.82) is 0 Å². The summed E-state index contributed by atoms with van der Waals surface area (Å²) in [7, 11) is -17.9. The van der Waals surface area contributed by atoms with Gasteiger partial charge in [0, 0.05) is 45.0 Å². The van der Waals surface area contributed by atoms with Crippen molar-refractivity contribution in [3.05, 3.63) is 166 Å². The monoisotopic (exact) mass is 1150 g/mol. The molecule has 0 amide bonds. The normalized spacial score (nSPS) is 14.0. The Bertz CT molecular complexity index is 3490. The molecular weight excluding hydrogens is 1090 g/mol. The smallest absolute Gasteiger partial charge is 0.748 e. The van der Waals surface area contributed by atoms with Gasteiger partial charge in [-0.25, -0.2) is 33.7 Å². The molecule has 0 atom stereocenters. The maximum Gasteiger partial charge on any atom is 1.00 e. The Kier molecular flexibility index (Phi) is 22.7. The summed E-state index contributed by atoms with van der Waals surface area (Å²) in [6, 6.07) is 39.2. The van der Waals surface area contributed by atoms with E-state index < -0.39 is 74.3 Å². The number of unbranched alkanes of at least 4 members (excludes halogenated alkanes) is 4. The largest absolute Gasteiger partial charge is 1.00 e. The van der Waals surface area contributed by atoms with E-state index in [4.69, 9.17) is 0 Å². The quantitative estimate of drug-likeness (QED) is 0.0359. The number of fused-ring (bicyclic) bond motifs is 6. The van der Waals surface area contributed by atoms with Crippen molar-refractivity contribution in [2.45, 2.75) is 102 Å². The number of aryl methyl sites for hydroxylation is 2. The fraction of sp³-hybridized carbons (Fsp3) is 0.351. The van der Waals surface area contributed by atoms with Crippen molar-refractivity contribution < 1.29 is 145 Å². The Balaban J connectivity index is 0.00000364. The Hall–Kier alpha value is -2.37. The molecular formula is C57H58Na3O13S4-. The van der Waals surface area contributed by atoms with Crippen molar-refractivity contribution in [2.75, 3.05) is 23.0 Å². The molecule has 0 radical (unpaired) electrons. The molecule has 77 heavy (non-hydrogen) atoms. The minimum absolute atomic E-state index is 0. The van der Waals surface area contributed by atoms with E-state index in [2.05, 4.69) is 18.2 Å². The van der Waals surface area contributed by atoms with Gasteiger partial charge in [0.15, 0.2) is 5.78 Å². The maximum absolute atomic E-state index is 14.6. The molecule has 20 heteroatoms. The summed E-state index contributed by atoms with van der Waals surface area (Å²) in [5.41, 5.74) is 12.3. The van der Waals surface area contributed by atoms with Gasteiger partial charge in [-0.2, -0.15) is 0 Å². The molecule has 13 nitrogen and oxygen atoms in total. The third kappa shape index (κ3) is 16.0. The Morgan fingerprint density at radius 3 is 1.01 bits per heavy atom. The molecule has 8 rings (SSSR count). The molecule has 0 saturated heterocycles. The van der Waals surface area contributed by atoms with Gasteiger partial charge in [-0.05, 0) is 150 Å². The maximum atomic E-state index is 14.6. The number of ketones is 1. The van der Waals surface area contributed by atoms with Crippen molar-refractivity contribution >= 4 is 46.3 Å². The molecule has 0 spiro atoms. The van der Waals surface area contributed by atoms with Crippen LogP contribution in [0.2, 0.25) is 0 Å². The van der Waals surface area contributed by atoms with Gasteiger partial charge in [0.05, 0.1) is 40.5 Å². The van der Waals surface area contributed by atoms with Gasteiger partial charge in [0.1, 0.15) is 0 Å². The van der Waals surface area contributed by atoms with Crippen LogP contribution in [-0.2, 0) is 51.3 Å². The van der Waals surface area contributed by atoms with E-state index in [-0.39, 0.29) is 120 Å². The van der Waals surface area contributed by atoms with Crippen LogP contribution in [0.1, 0.15) is 126 Å². The number of hydrogen-bond donors (Lipinski definition) is 0. The first-order valence-electron chi connectivity index (χ1n) is 24.9. The number of hydrogen-bond acceptors (Lipinski definition) is 13. The van der Waals surface area contributed by atoms with Crippen molar-refractivity contribution in [1.82, 2.24) is 0 Å². The van der Waals surface area contributed by atoms with Crippen LogP contribution in [0, 0.1) is 13.8 Å². The van der Waals surface area contributed by atoms with E-state index >= 15 is 0 Å². The van der Waals surface area contributed by atoms with Gasteiger partial charge in [0.25, 0.3) is 0 Å². The summed E-state index contributed by atoms with van der Waals surface area (Å²) in [5, 5.41) is 0. The summed E-state index contributed by atoms with van der Waals surface area (Å²) in [6.45, 7) is 3.97. The first-order chi connectivity index (χ1) is 34.8. The number of carbonyl (C=O) groups is 1. The van der Waals surface area contributed by atoms with Crippen LogP contribution in [0.15, 0.2) is 121 Å². The number of rotatable bonds is 24. The van der Waals surface area contributed by atoms with E-state index in [1.807, 2.05) is 98.8 Å². The molecule has 0 unspecified atom stereocenters. The molecule has 2 aliphatic carbocycles. The summed E-state index contributed by atoms with van der Waals surface area (Å²) >= 11 is 0. The second-order valence-corrected chi connectivity index (χ2v) is 26.2. The Labute approximate surface area is 520 Å². The summed E-state index contributed by atoms with van der Waals surface area (Å²) < 4.78 is 140. The van der Waals surface area contributed by atoms with E-state index in [1.54, 1.807) is 18.2 Å². The molecule has 0 N–H and O–H groups in total. The first kappa shape index (κ1) is 65.4. The molecule has 2 aliphatic rings. The second-order valence-electron chi connectivity index (χ2n) is 20.1. The topological polar surface area (TPSA) is 246 Å². The predicted molar refractivity (Wildman–Crippen MR) is 283 cm³/mol. The van der Waals surface area contributed by atoms with Crippen LogP contribution >= 0.6 is 0 Å². The van der Waals surface area contributed by atoms with Crippen molar-refractivity contribution in [3.8, 4) is 44.5 Å². The molecule has 0 heterocycles. The van der Waals surface area contributed by atoms with Gasteiger partial charge in [-0.15, -0.1) is 0 Å². The fourth-order valence-corrected chi connectivity index (χ4v) is 13.7. The third-order valence-electron chi connectivity index (χ3n) is 15.0. The second kappa shape index (κ2) is 26.7. The van der Waals surface area contributed by atoms with Crippen LogP contribution in [0.3, 0.4) is 0 Å². The van der Waals surface area contributed by atoms with Gasteiger partial charge >= 0.3 is 88.7 Å². The zero-order valence-corrected chi connectivity index (χ0v) is 53.6. The molecule has 0 aromatic heterocycles. The van der Waals surface area contributed by atoms with E-state index in [0.29, 0.717) is 62.5 Å². The van der Waals surface area contributed by atoms with Crippen LogP contribution in [0.5, 0.6) is 0 Å². The Morgan fingerprint density at radius 1 is 0.351 bits per heavy atom. The predicted octanol–water partition coefficient (Wildman–Crippen LogP) is 1.28. The molecule has 0 saturated carbocycles. The Morgan fingerprint density at radius 2 is 0.636 bits per heavy atom. The van der Waals surface area contributed by atoms with Crippen LogP contribution in [0.4, 0.5) is 0 Å². The van der Waals surface area contributed by atoms with E-state index in [0.717, 1.165) is 77.9 Å². The first-order valence-corrected chi connectivity index (χ1v) is 31.2. The molecule has 0 aliphatic heterocycles. The van der Waals surface area contributed by atoms with Gasteiger partial charge in [-0.1, -0.05) is 140 Å². The molecule has 6 aromatic carbocycles. The SMILES string of the molecule is Cc1ccc(-c2ccc3c(c2)C(CCCCS(=O)(=O)[O-])(CCCCS(=O)(=O)[O-])c2cc(C(=O)c4ccc(-c5ccc6c(c5)C(CCCCS(=O)(=O)[O-])(CCCCS(=O)(=O)[O-])c5cc(C)ccc5-6)cc4)ccc2-3)cc1.[Na+].[Na+].[Na+]. The zero-order valence-electron chi connectivity index (χ0n) is 44.3. The average Bonchev–Trinajstić information content (AvgIpc) is 3.77. The molecule has 0 bridgehead atoms. The average molecular weight is 1150 g/mol. The van der Waals surface area contributed by atoms with Crippen LogP contribution in [-0.4, -0.2) is 80.7 Å². The minimum Gasteiger partial charge on any atom is -0.748 e. The summed E-state index contributed by atoms with van der Waals surface area (Å²) in [4.78, 5) is 14.6. The number of benzene rings is 6. The summed E-state index contributed by atoms with van der Waals surface area (Å²) in [6.07, 6.45) is 3.65. The van der Waals surface area contributed by atoms with Gasteiger partial charge in [-0.3, -0.25) is 4.79 Å². The zero-order chi connectivity index (χ0) is 53.3. The molecule has 0 fully saturated rings. The van der Waals surface area contributed by atoms with Crippen LogP contribution < -0.4 is 88.7 Å². The van der Waals surface area contributed by atoms with Crippen molar-refractivity contribution in [2.24, 2.45) is 0 Å². The number of carbonyl (C=O) groups excluding carboxylic acids is 1. The van der Waals surface area contributed by atoms with Gasteiger partial charge in [0.2, 0.25) is 0 Å². The molecule has 6 aromatic rings. The van der Waals surface area contributed by atoms with Crippen LogP contribution in [0.25, 0.3) is 44.5 Å².